The standard InChI is InChI=1S/C14H21N3O/c1-17(10-11-5-2-3-6-11)13-8-4-7-12(9-13)14(15)16-18/h4,7-9,11,18H,2-3,5-6,10H2,1H3,(H2,15,16). The topological polar surface area (TPSA) is 61.8 Å². The van der Waals surface area contributed by atoms with Crippen LogP contribution < -0.4 is 10.6 Å². The van der Waals surface area contributed by atoms with E-state index in [2.05, 4.69) is 23.2 Å². The van der Waals surface area contributed by atoms with Gasteiger partial charge < -0.3 is 15.8 Å². The molecule has 2 rings (SSSR count). The number of benzene rings is 1. The van der Waals surface area contributed by atoms with Gasteiger partial charge in [-0.05, 0) is 30.9 Å². The molecule has 1 aliphatic rings. The predicted molar refractivity (Wildman–Crippen MR) is 74.2 cm³/mol. The largest absolute Gasteiger partial charge is 0.409 e. The molecule has 1 aliphatic carbocycles. The molecule has 1 saturated carbocycles. The highest BCUT2D eigenvalue weighted by molar-refractivity contribution is 5.97. The van der Waals surface area contributed by atoms with Crippen LogP contribution in [0.15, 0.2) is 29.4 Å². The minimum absolute atomic E-state index is 0.158. The average Bonchev–Trinajstić information content (AvgIpc) is 2.90. The Kier molecular flexibility index (Phi) is 4.07. The molecule has 0 radical (unpaired) electrons. The van der Waals surface area contributed by atoms with Crippen LogP contribution in [0.1, 0.15) is 31.2 Å². The van der Waals surface area contributed by atoms with E-state index in [-0.39, 0.29) is 5.84 Å². The molecular weight excluding hydrogens is 226 g/mol. The van der Waals surface area contributed by atoms with E-state index in [1.165, 1.54) is 25.7 Å². The molecule has 0 atom stereocenters. The smallest absolute Gasteiger partial charge is 0.170 e. The van der Waals surface area contributed by atoms with Crippen molar-refractivity contribution in [2.24, 2.45) is 16.8 Å². The molecule has 0 unspecified atom stereocenters. The van der Waals surface area contributed by atoms with Crippen LogP contribution in [-0.2, 0) is 0 Å². The SMILES string of the molecule is CN(CC1CCCC1)c1cccc(C(N)=NO)c1. The molecule has 98 valence electrons. The Labute approximate surface area is 108 Å². The maximum absolute atomic E-state index is 8.70. The summed E-state index contributed by atoms with van der Waals surface area (Å²) in [5.41, 5.74) is 7.48. The second-order valence-corrected chi connectivity index (χ2v) is 5.07. The number of anilines is 1. The first-order valence-electron chi connectivity index (χ1n) is 6.50. The zero-order valence-electron chi connectivity index (χ0n) is 10.8. The number of amidine groups is 1. The van der Waals surface area contributed by atoms with Gasteiger partial charge >= 0.3 is 0 Å². The predicted octanol–water partition coefficient (Wildman–Crippen LogP) is 2.41. The Morgan fingerprint density at radius 2 is 2.17 bits per heavy atom. The van der Waals surface area contributed by atoms with Crippen LogP contribution in [-0.4, -0.2) is 24.6 Å². The molecule has 18 heavy (non-hydrogen) atoms. The van der Waals surface area contributed by atoms with Crippen molar-refractivity contribution in [2.45, 2.75) is 25.7 Å². The second-order valence-electron chi connectivity index (χ2n) is 5.07. The Hall–Kier alpha value is -1.71. The first-order valence-corrected chi connectivity index (χ1v) is 6.50. The fraction of sp³-hybridized carbons (Fsp3) is 0.500. The molecule has 0 spiro atoms. The summed E-state index contributed by atoms with van der Waals surface area (Å²) in [6, 6.07) is 7.81. The number of hydrogen-bond acceptors (Lipinski definition) is 3. The fourth-order valence-electron chi connectivity index (χ4n) is 2.65. The minimum atomic E-state index is 0.158. The van der Waals surface area contributed by atoms with Crippen molar-refractivity contribution < 1.29 is 5.21 Å². The molecule has 1 fully saturated rings. The highest BCUT2D eigenvalue weighted by atomic mass is 16.4. The summed E-state index contributed by atoms with van der Waals surface area (Å²) in [5.74, 6) is 0.966. The van der Waals surface area contributed by atoms with Crippen molar-refractivity contribution in [3.63, 3.8) is 0 Å². The average molecular weight is 247 g/mol. The monoisotopic (exact) mass is 247 g/mol. The lowest BCUT2D eigenvalue weighted by Gasteiger charge is -2.23. The van der Waals surface area contributed by atoms with Gasteiger partial charge in [0.25, 0.3) is 0 Å². The van der Waals surface area contributed by atoms with Crippen LogP contribution in [0.5, 0.6) is 0 Å². The highest BCUT2D eigenvalue weighted by Crippen LogP contribution is 2.27. The molecule has 0 aromatic heterocycles. The Morgan fingerprint density at radius 3 is 2.83 bits per heavy atom. The fourth-order valence-corrected chi connectivity index (χ4v) is 2.65. The molecule has 3 N–H and O–H groups in total. The van der Waals surface area contributed by atoms with E-state index >= 15 is 0 Å². The van der Waals surface area contributed by atoms with E-state index in [1.807, 2.05) is 18.2 Å². The lowest BCUT2D eigenvalue weighted by atomic mass is 10.1. The third kappa shape index (κ3) is 2.94. The molecule has 1 aromatic carbocycles. The van der Waals surface area contributed by atoms with Gasteiger partial charge in [0.1, 0.15) is 0 Å². The number of oxime groups is 1. The Balaban J connectivity index is 2.07. The molecule has 0 heterocycles. The van der Waals surface area contributed by atoms with E-state index in [4.69, 9.17) is 10.9 Å². The third-order valence-corrected chi connectivity index (χ3v) is 3.70. The zero-order chi connectivity index (χ0) is 13.0. The van der Waals surface area contributed by atoms with Gasteiger partial charge in [0, 0.05) is 24.8 Å². The van der Waals surface area contributed by atoms with Gasteiger partial charge in [-0.3, -0.25) is 0 Å². The summed E-state index contributed by atoms with van der Waals surface area (Å²) in [6.45, 7) is 1.08. The number of nitrogens with two attached hydrogens (primary N) is 1. The molecule has 0 aliphatic heterocycles. The van der Waals surface area contributed by atoms with Crippen LogP contribution in [0.25, 0.3) is 0 Å². The molecule has 0 saturated heterocycles. The Bertz CT molecular complexity index is 425. The van der Waals surface area contributed by atoms with Gasteiger partial charge in [0.15, 0.2) is 5.84 Å². The van der Waals surface area contributed by atoms with Gasteiger partial charge in [0.05, 0.1) is 0 Å². The van der Waals surface area contributed by atoms with Gasteiger partial charge in [-0.25, -0.2) is 0 Å². The highest BCUT2D eigenvalue weighted by Gasteiger charge is 2.17. The van der Waals surface area contributed by atoms with Crippen LogP contribution in [0.3, 0.4) is 0 Å². The van der Waals surface area contributed by atoms with Crippen LogP contribution in [0, 0.1) is 5.92 Å². The molecule has 1 aromatic rings. The van der Waals surface area contributed by atoms with Crippen LogP contribution >= 0.6 is 0 Å². The van der Waals surface area contributed by atoms with Gasteiger partial charge in [-0.15, -0.1) is 0 Å². The van der Waals surface area contributed by atoms with Crippen molar-refractivity contribution in [1.82, 2.24) is 0 Å². The normalized spacial score (nSPS) is 17.1. The summed E-state index contributed by atoms with van der Waals surface area (Å²) >= 11 is 0. The molecular formula is C14H21N3O. The molecule has 4 heteroatoms. The second kappa shape index (κ2) is 5.76. The quantitative estimate of drug-likeness (QED) is 0.372. The van der Waals surface area contributed by atoms with Crippen LogP contribution in [0.2, 0.25) is 0 Å². The first kappa shape index (κ1) is 12.7. The van der Waals surface area contributed by atoms with Crippen molar-refractivity contribution in [3.05, 3.63) is 29.8 Å². The lowest BCUT2D eigenvalue weighted by Crippen LogP contribution is -2.24. The number of rotatable bonds is 4. The molecule has 0 amide bonds. The van der Waals surface area contributed by atoms with E-state index in [1.54, 1.807) is 0 Å². The summed E-state index contributed by atoms with van der Waals surface area (Å²) in [7, 11) is 2.10. The lowest BCUT2D eigenvalue weighted by molar-refractivity contribution is 0.318. The van der Waals surface area contributed by atoms with Crippen molar-refractivity contribution in [2.75, 3.05) is 18.5 Å². The van der Waals surface area contributed by atoms with Gasteiger partial charge in [-0.1, -0.05) is 30.1 Å². The van der Waals surface area contributed by atoms with Crippen molar-refractivity contribution >= 4 is 11.5 Å². The van der Waals surface area contributed by atoms with E-state index in [0.29, 0.717) is 0 Å². The van der Waals surface area contributed by atoms with E-state index in [9.17, 15) is 0 Å². The van der Waals surface area contributed by atoms with E-state index in [0.717, 1.165) is 23.7 Å². The molecule has 4 nitrogen and oxygen atoms in total. The summed E-state index contributed by atoms with van der Waals surface area (Å²) in [4.78, 5) is 2.25. The van der Waals surface area contributed by atoms with Crippen molar-refractivity contribution in [3.8, 4) is 0 Å². The van der Waals surface area contributed by atoms with E-state index < -0.39 is 0 Å². The minimum Gasteiger partial charge on any atom is -0.409 e. The third-order valence-electron chi connectivity index (χ3n) is 3.70. The maximum Gasteiger partial charge on any atom is 0.170 e. The number of hydrogen-bond donors (Lipinski definition) is 2. The maximum atomic E-state index is 8.70. The van der Waals surface area contributed by atoms with Crippen LogP contribution in [0.4, 0.5) is 5.69 Å². The summed E-state index contributed by atoms with van der Waals surface area (Å²) in [5, 5.41) is 11.7. The van der Waals surface area contributed by atoms with Crippen molar-refractivity contribution in [1.29, 1.82) is 0 Å². The van der Waals surface area contributed by atoms with Gasteiger partial charge in [-0.2, -0.15) is 0 Å². The Morgan fingerprint density at radius 1 is 1.44 bits per heavy atom. The summed E-state index contributed by atoms with van der Waals surface area (Å²) in [6.07, 6.45) is 5.40. The van der Waals surface area contributed by atoms with Gasteiger partial charge in [0.2, 0.25) is 0 Å². The zero-order valence-corrected chi connectivity index (χ0v) is 10.8. The molecule has 0 bridgehead atoms. The number of nitrogens with zero attached hydrogens (tertiary/aromatic N) is 2. The first-order chi connectivity index (χ1) is 8.70. The summed E-state index contributed by atoms with van der Waals surface area (Å²) < 4.78 is 0.